The van der Waals surface area contributed by atoms with Gasteiger partial charge in [-0.1, -0.05) is 16.8 Å². The fourth-order valence-electron chi connectivity index (χ4n) is 2.08. The summed E-state index contributed by atoms with van der Waals surface area (Å²) in [7, 11) is -3.49. The zero-order valence-corrected chi connectivity index (χ0v) is 15.4. The Bertz CT molecular complexity index is 1150. The normalized spacial score (nSPS) is 12.2. The Labute approximate surface area is 160 Å². The van der Waals surface area contributed by atoms with Gasteiger partial charge >= 0.3 is 6.18 Å². The van der Waals surface area contributed by atoms with Gasteiger partial charge in [0.25, 0.3) is 11.7 Å². The van der Waals surface area contributed by atoms with Crippen molar-refractivity contribution in [3.8, 4) is 11.5 Å². The van der Waals surface area contributed by atoms with Crippen LogP contribution in [0.1, 0.15) is 5.82 Å². The predicted octanol–water partition coefficient (Wildman–Crippen LogP) is 2.93. The first-order valence-electron chi connectivity index (χ1n) is 7.25. The highest BCUT2D eigenvalue weighted by Crippen LogP contribution is 2.31. The number of benzene rings is 1. The Morgan fingerprint density at radius 1 is 1.25 bits per heavy atom. The molecule has 2 heterocycles. The van der Waals surface area contributed by atoms with Crippen LogP contribution in [0.2, 0.25) is 5.02 Å². The van der Waals surface area contributed by atoms with Gasteiger partial charge in [0.1, 0.15) is 11.4 Å². The highest BCUT2D eigenvalue weighted by molar-refractivity contribution is 7.90. The van der Waals surface area contributed by atoms with Gasteiger partial charge < -0.3 is 15.6 Å². The monoisotopic (exact) mass is 434 g/mol. The number of hydrogen-bond donors (Lipinski definition) is 2. The van der Waals surface area contributed by atoms with Crippen molar-refractivity contribution < 1.29 is 26.1 Å². The maximum absolute atomic E-state index is 12.6. The molecule has 0 unspecified atom stereocenters. The summed E-state index contributed by atoms with van der Waals surface area (Å²) >= 11 is 5.95. The first kappa shape index (κ1) is 19.8. The van der Waals surface area contributed by atoms with Gasteiger partial charge in [-0.05, 0) is 18.2 Å². The molecule has 14 heteroatoms. The number of aromatic nitrogens is 4. The van der Waals surface area contributed by atoms with Crippen LogP contribution in [0.15, 0.2) is 33.8 Å². The molecule has 0 saturated carbocycles. The molecule has 148 valence electrons. The second kappa shape index (κ2) is 6.91. The maximum atomic E-state index is 12.6. The molecular weight excluding hydrogens is 425 g/mol. The standard InChI is InChI=1S/C14H10ClF3N6O3S/c1-28(25,26)9-3-2-6(4-8(9)15)21-13-20-5-7(10(19)22-13)11-23-12(24-27-11)14(16,17)18/h2-5H,1H3,(H3,19,20,21,22). The van der Waals surface area contributed by atoms with Gasteiger partial charge in [0.05, 0.1) is 9.92 Å². The fourth-order valence-corrected chi connectivity index (χ4v) is 3.41. The summed E-state index contributed by atoms with van der Waals surface area (Å²) in [5.41, 5.74) is 6.01. The molecule has 2 aromatic heterocycles. The fraction of sp³-hybridized carbons (Fsp3) is 0.143. The van der Waals surface area contributed by atoms with Crippen molar-refractivity contribution in [2.75, 3.05) is 17.3 Å². The third-order valence-corrected chi connectivity index (χ3v) is 4.90. The lowest BCUT2D eigenvalue weighted by molar-refractivity contribution is -0.146. The first-order valence-corrected chi connectivity index (χ1v) is 9.52. The lowest BCUT2D eigenvalue weighted by Gasteiger charge is -2.08. The molecule has 1 aromatic carbocycles. The van der Waals surface area contributed by atoms with Crippen LogP contribution in [0, 0.1) is 0 Å². The van der Waals surface area contributed by atoms with Crippen molar-refractivity contribution in [1.29, 1.82) is 0 Å². The molecule has 0 atom stereocenters. The lowest BCUT2D eigenvalue weighted by atomic mass is 10.3. The Kier molecular flexibility index (Phi) is 4.89. The summed E-state index contributed by atoms with van der Waals surface area (Å²) in [6, 6.07) is 4.08. The van der Waals surface area contributed by atoms with Crippen molar-refractivity contribution in [3.05, 3.63) is 35.2 Å². The van der Waals surface area contributed by atoms with E-state index in [2.05, 4.69) is 29.9 Å². The summed E-state index contributed by atoms with van der Waals surface area (Å²) in [6.07, 6.45) is -2.65. The molecule has 0 bridgehead atoms. The van der Waals surface area contributed by atoms with E-state index < -0.39 is 27.7 Å². The second-order valence-electron chi connectivity index (χ2n) is 5.46. The van der Waals surface area contributed by atoms with E-state index in [1.54, 1.807) is 0 Å². The zero-order valence-electron chi connectivity index (χ0n) is 13.8. The van der Waals surface area contributed by atoms with Crippen LogP contribution in [-0.4, -0.2) is 34.8 Å². The van der Waals surface area contributed by atoms with E-state index in [-0.39, 0.29) is 27.2 Å². The molecular formula is C14H10ClF3N6O3S. The number of anilines is 3. The molecule has 0 radical (unpaired) electrons. The van der Waals surface area contributed by atoms with Gasteiger partial charge in [-0.2, -0.15) is 23.1 Å². The van der Waals surface area contributed by atoms with E-state index in [4.69, 9.17) is 17.3 Å². The van der Waals surface area contributed by atoms with Gasteiger partial charge in [-0.25, -0.2) is 13.4 Å². The molecule has 3 N–H and O–H groups in total. The number of sulfone groups is 1. The van der Waals surface area contributed by atoms with Gasteiger partial charge in [0.15, 0.2) is 9.84 Å². The van der Waals surface area contributed by atoms with Gasteiger partial charge in [0.2, 0.25) is 5.95 Å². The summed E-state index contributed by atoms with van der Waals surface area (Å²) < 4.78 is 65.3. The minimum absolute atomic E-state index is 0.0115. The number of halogens is 4. The van der Waals surface area contributed by atoms with Crippen LogP contribution in [0.4, 0.5) is 30.6 Å². The van der Waals surface area contributed by atoms with Crippen molar-refractivity contribution >= 4 is 38.9 Å². The van der Waals surface area contributed by atoms with Crippen molar-refractivity contribution in [3.63, 3.8) is 0 Å². The Balaban J connectivity index is 1.85. The van der Waals surface area contributed by atoms with Crippen molar-refractivity contribution in [1.82, 2.24) is 20.1 Å². The number of nitrogens with two attached hydrogens (primary N) is 1. The smallest absolute Gasteiger partial charge is 0.383 e. The van der Waals surface area contributed by atoms with E-state index in [1.165, 1.54) is 18.2 Å². The van der Waals surface area contributed by atoms with Crippen molar-refractivity contribution in [2.24, 2.45) is 0 Å². The first-order chi connectivity index (χ1) is 12.9. The zero-order chi connectivity index (χ0) is 20.7. The Morgan fingerprint density at radius 3 is 2.50 bits per heavy atom. The molecule has 3 rings (SSSR count). The molecule has 0 aliphatic rings. The minimum Gasteiger partial charge on any atom is -0.383 e. The van der Waals surface area contributed by atoms with Crippen LogP contribution in [0.5, 0.6) is 0 Å². The van der Waals surface area contributed by atoms with E-state index in [1.807, 2.05) is 0 Å². The van der Waals surface area contributed by atoms with Gasteiger partial charge in [-0.15, -0.1) is 0 Å². The highest BCUT2D eigenvalue weighted by Gasteiger charge is 2.37. The molecule has 0 saturated heterocycles. The van der Waals surface area contributed by atoms with Crippen LogP contribution in [0.3, 0.4) is 0 Å². The number of nitrogens with zero attached hydrogens (tertiary/aromatic N) is 4. The molecule has 9 nitrogen and oxygen atoms in total. The summed E-state index contributed by atoms with van der Waals surface area (Å²) in [6.45, 7) is 0. The van der Waals surface area contributed by atoms with Crippen LogP contribution in [0.25, 0.3) is 11.5 Å². The van der Waals surface area contributed by atoms with Crippen molar-refractivity contribution in [2.45, 2.75) is 11.1 Å². The summed E-state index contributed by atoms with van der Waals surface area (Å²) in [5.74, 6) is -2.17. The van der Waals surface area contributed by atoms with Crippen LogP contribution in [-0.2, 0) is 16.0 Å². The molecule has 0 fully saturated rings. The third-order valence-electron chi connectivity index (χ3n) is 3.32. The lowest BCUT2D eigenvalue weighted by Crippen LogP contribution is -2.07. The molecule has 0 spiro atoms. The number of nitrogen functional groups attached to an aromatic ring is 1. The van der Waals surface area contributed by atoms with E-state index in [0.29, 0.717) is 5.69 Å². The van der Waals surface area contributed by atoms with E-state index in [0.717, 1.165) is 12.5 Å². The molecule has 0 amide bonds. The highest BCUT2D eigenvalue weighted by atomic mass is 35.5. The van der Waals surface area contributed by atoms with Crippen LogP contribution >= 0.6 is 11.6 Å². The third kappa shape index (κ3) is 4.14. The number of nitrogens with one attached hydrogen (secondary N) is 1. The SMILES string of the molecule is CS(=O)(=O)c1ccc(Nc2ncc(-c3nc(C(F)(F)F)no3)c(N)n2)cc1Cl. The number of hydrogen-bond acceptors (Lipinski definition) is 9. The maximum Gasteiger partial charge on any atom is 0.455 e. The molecule has 3 aromatic rings. The van der Waals surface area contributed by atoms with E-state index in [9.17, 15) is 21.6 Å². The number of rotatable bonds is 4. The largest absolute Gasteiger partial charge is 0.455 e. The summed E-state index contributed by atoms with van der Waals surface area (Å²) in [5, 5.41) is 5.56. The van der Waals surface area contributed by atoms with Gasteiger partial charge in [0, 0.05) is 18.1 Å². The van der Waals surface area contributed by atoms with E-state index >= 15 is 0 Å². The Hall–Kier alpha value is -2.93. The predicted molar refractivity (Wildman–Crippen MR) is 92.6 cm³/mol. The topological polar surface area (TPSA) is 137 Å². The quantitative estimate of drug-likeness (QED) is 0.634. The number of alkyl halides is 3. The molecule has 0 aliphatic carbocycles. The summed E-state index contributed by atoms with van der Waals surface area (Å²) in [4.78, 5) is 11.0. The second-order valence-corrected chi connectivity index (χ2v) is 7.85. The van der Waals surface area contributed by atoms with Gasteiger partial charge in [-0.3, -0.25) is 0 Å². The molecule has 28 heavy (non-hydrogen) atoms. The minimum atomic E-state index is -4.77. The average Bonchev–Trinajstić information content (AvgIpc) is 3.03. The van der Waals surface area contributed by atoms with Crippen LogP contribution < -0.4 is 11.1 Å². The average molecular weight is 435 g/mol. The molecule has 0 aliphatic heterocycles. The Morgan fingerprint density at radius 2 is 1.96 bits per heavy atom.